The topological polar surface area (TPSA) is 68.3 Å². The lowest BCUT2D eigenvalue weighted by atomic mass is 10.2. The lowest BCUT2D eigenvalue weighted by Crippen LogP contribution is -2.17. The fraction of sp³-hybridized carbons (Fsp3) is 0.190. The van der Waals surface area contributed by atoms with Crippen LogP contribution in [-0.4, -0.2) is 29.2 Å². The average Bonchev–Trinajstić information content (AvgIpc) is 3.13. The third-order valence-corrected chi connectivity index (χ3v) is 7.10. The van der Waals surface area contributed by atoms with E-state index in [1.165, 1.54) is 18.9 Å². The molecule has 2 aromatic carbocycles. The molecule has 1 N–H and O–H groups in total. The first-order valence-corrected chi connectivity index (χ1v) is 11.4. The number of carbonyl (C=O) groups is 2. The fourth-order valence-electron chi connectivity index (χ4n) is 2.45. The minimum atomic E-state index is -0.403. The van der Waals surface area contributed by atoms with Crippen LogP contribution in [0.25, 0.3) is 0 Å². The number of aromatic nitrogens is 1. The minimum Gasteiger partial charge on any atom is -0.468 e. The maximum atomic E-state index is 12.8. The van der Waals surface area contributed by atoms with Gasteiger partial charge in [0.25, 0.3) is 5.91 Å². The SMILES string of the molecule is COC(=O)C(C)Sc1ccccc1C(=O)Nc1ccc(Sc2nc(C)cs2)cc1. The van der Waals surface area contributed by atoms with Crippen molar-refractivity contribution >= 4 is 52.4 Å². The van der Waals surface area contributed by atoms with E-state index in [1.807, 2.05) is 48.7 Å². The molecule has 150 valence electrons. The summed E-state index contributed by atoms with van der Waals surface area (Å²) in [6.07, 6.45) is 0. The van der Waals surface area contributed by atoms with Gasteiger partial charge in [-0.05, 0) is 50.2 Å². The number of thiazole rings is 1. The molecule has 0 aliphatic heterocycles. The van der Waals surface area contributed by atoms with Crippen LogP contribution in [0, 0.1) is 6.92 Å². The quantitative estimate of drug-likeness (QED) is 0.383. The maximum Gasteiger partial charge on any atom is 0.318 e. The van der Waals surface area contributed by atoms with E-state index in [4.69, 9.17) is 4.74 Å². The Kier molecular flexibility index (Phi) is 7.35. The largest absolute Gasteiger partial charge is 0.468 e. The number of hydrogen-bond acceptors (Lipinski definition) is 7. The molecule has 8 heteroatoms. The Hall–Kier alpha value is -2.29. The van der Waals surface area contributed by atoms with Crippen molar-refractivity contribution in [3.8, 4) is 0 Å². The lowest BCUT2D eigenvalue weighted by Gasteiger charge is -2.13. The third kappa shape index (κ3) is 5.85. The van der Waals surface area contributed by atoms with Crippen molar-refractivity contribution in [2.24, 2.45) is 0 Å². The van der Waals surface area contributed by atoms with E-state index in [0.717, 1.165) is 19.8 Å². The van der Waals surface area contributed by atoms with Crippen molar-refractivity contribution in [2.45, 2.75) is 33.2 Å². The molecular weight excluding hydrogens is 424 g/mol. The second-order valence-corrected chi connectivity index (χ2v) is 9.68. The van der Waals surface area contributed by atoms with Gasteiger partial charge in [0.2, 0.25) is 0 Å². The summed E-state index contributed by atoms with van der Waals surface area (Å²) in [5.41, 5.74) is 2.24. The lowest BCUT2D eigenvalue weighted by molar-refractivity contribution is -0.139. The summed E-state index contributed by atoms with van der Waals surface area (Å²) in [7, 11) is 1.36. The minimum absolute atomic E-state index is 0.221. The number of benzene rings is 2. The van der Waals surface area contributed by atoms with Crippen LogP contribution in [0.3, 0.4) is 0 Å². The smallest absolute Gasteiger partial charge is 0.318 e. The second kappa shape index (κ2) is 9.96. The van der Waals surface area contributed by atoms with Crippen molar-refractivity contribution in [2.75, 3.05) is 12.4 Å². The van der Waals surface area contributed by atoms with Crippen molar-refractivity contribution in [1.82, 2.24) is 4.98 Å². The number of nitrogens with one attached hydrogen (secondary N) is 1. The van der Waals surface area contributed by atoms with Gasteiger partial charge >= 0.3 is 5.97 Å². The molecule has 1 amide bonds. The summed E-state index contributed by atoms with van der Waals surface area (Å²) in [5, 5.41) is 4.54. The second-order valence-electron chi connectivity index (χ2n) is 6.11. The van der Waals surface area contributed by atoms with Gasteiger partial charge in [0.15, 0.2) is 4.34 Å². The van der Waals surface area contributed by atoms with Crippen LogP contribution >= 0.6 is 34.9 Å². The predicted octanol–water partition coefficient (Wildman–Crippen LogP) is 5.51. The Bertz CT molecular complexity index is 1000. The Morgan fingerprint density at radius 3 is 2.52 bits per heavy atom. The van der Waals surface area contributed by atoms with Gasteiger partial charge in [-0.1, -0.05) is 23.9 Å². The molecule has 0 saturated heterocycles. The Morgan fingerprint density at radius 1 is 1.14 bits per heavy atom. The summed E-state index contributed by atoms with van der Waals surface area (Å²) in [4.78, 5) is 30.7. The zero-order chi connectivity index (χ0) is 20.8. The monoisotopic (exact) mass is 444 g/mol. The molecule has 0 radical (unpaired) electrons. The number of ether oxygens (including phenoxy) is 1. The number of amides is 1. The van der Waals surface area contributed by atoms with E-state index in [9.17, 15) is 9.59 Å². The number of hydrogen-bond donors (Lipinski definition) is 1. The molecule has 0 saturated carbocycles. The van der Waals surface area contributed by atoms with Crippen LogP contribution < -0.4 is 5.32 Å². The molecule has 0 aliphatic rings. The molecule has 0 bridgehead atoms. The van der Waals surface area contributed by atoms with Crippen LogP contribution in [0.4, 0.5) is 5.69 Å². The first-order valence-electron chi connectivity index (χ1n) is 8.81. The zero-order valence-corrected chi connectivity index (χ0v) is 18.6. The number of methoxy groups -OCH3 is 1. The Balaban J connectivity index is 1.68. The van der Waals surface area contributed by atoms with Gasteiger partial charge < -0.3 is 10.1 Å². The maximum absolute atomic E-state index is 12.8. The van der Waals surface area contributed by atoms with Gasteiger partial charge in [0, 0.05) is 26.6 Å². The number of carbonyl (C=O) groups excluding carboxylic acids is 2. The predicted molar refractivity (Wildman–Crippen MR) is 119 cm³/mol. The summed E-state index contributed by atoms with van der Waals surface area (Å²) < 4.78 is 5.76. The average molecular weight is 445 g/mol. The van der Waals surface area contributed by atoms with Gasteiger partial charge in [0.1, 0.15) is 5.25 Å². The highest BCUT2D eigenvalue weighted by molar-refractivity contribution is 8.01. The molecule has 0 spiro atoms. The standard InChI is InChI=1S/C21H20N2O3S3/c1-13-12-27-21(22-13)29-16-10-8-15(9-11-16)23-19(24)17-6-4-5-7-18(17)28-14(2)20(25)26-3/h4-12,14H,1-3H3,(H,23,24). The number of thioether (sulfide) groups is 1. The fourth-order valence-corrected chi connectivity index (χ4v) is 5.27. The van der Waals surface area contributed by atoms with Crippen molar-refractivity contribution in [3.63, 3.8) is 0 Å². The van der Waals surface area contributed by atoms with Gasteiger partial charge in [-0.25, -0.2) is 4.98 Å². The van der Waals surface area contributed by atoms with E-state index in [1.54, 1.807) is 42.2 Å². The van der Waals surface area contributed by atoms with Crippen LogP contribution in [-0.2, 0) is 9.53 Å². The van der Waals surface area contributed by atoms with Crippen molar-refractivity contribution in [1.29, 1.82) is 0 Å². The normalized spacial score (nSPS) is 11.7. The van der Waals surface area contributed by atoms with E-state index in [0.29, 0.717) is 11.3 Å². The number of esters is 1. The van der Waals surface area contributed by atoms with Gasteiger partial charge in [0.05, 0.1) is 12.7 Å². The highest BCUT2D eigenvalue weighted by atomic mass is 32.2. The zero-order valence-electron chi connectivity index (χ0n) is 16.2. The first-order chi connectivity index (χ1) is 14.0. The van der Waals surface area contributed by atoms with Crippen LogP contribution in [0.1, 0.15) is 23.0 Å². The van der Waals surface area contributed by atoms with E-state index in [-0.39, 0.29) is 11.9 Å². The Morgan fingerprint density at radius 2 is 1.86 bits per heavy atom. The summed E-state index contributed by atoms with van der Waals surface area (Å²) in [6, 6.07) is 14.9. The third-order valence-electron chi connectivity index (χ3n) is 3.88. The number of rotatable bonds is 7. The number of aryl methyl sites for hydroxylation is 1. The first kappa shape index (κ1) is 21.4. The van der Waals surface area contributed by atoms with Crippen LogP contribution in [0.2, 0.25) is 0 Å². The highest BCUT2D eigenvalue weighted by Crippen LogP contribution is 2.31. The molecule has 3 rings (SSSR count). The molecule has 1 aromatic heterocycles. The highest BCUT2D eigenvalue weighted by Gasteiger charge is 2.19. The van der Waals surface area contributed by atoms with Gasteiger partial charge in [-0.2, -0.15) is 0 Å². The summed E-state index contributed by atoms with van der Waals surface area (Å²) in [5.74, 6) is -0.546. The molecule has 1 atom stereocenters. The van der Waals surface area contributed by atoms with Crippen LogP contribution in [0.5, 0.6) is 0 Å². The molecule has 0 aliphatic carbocycles. The van der Waals surface area contributed by atoms with Gasteiger partial charge in [-0.15, -0.1) is 23.1 Å². The molecular formula is C21H20N2O3S3. The molecule has 1 heterocycles. The van der Waals surface area contributed by atoms with Gasteiger partial charge in [-0.3, -0.25) is 9.59 Å². The van der Waals surface area contributed by atoms with E-state index >= 15 is 0 Å². The van der Waals surface area contributed by atoms with E-state index in [2.05, 4.69) is 10.3 Å². The number of anilines is 1. The molecule has 5 nitrogen and oxygen atoms in total. The molecule has 29 heavy (non-hydrogen) atoms. The molecule has 3 aromatic rings. The Labute approximate surface area is 182 Å². The summed E-state index contributed by atoms with van der Waals surface area (Å²) in [6.45, 7) is 3.73. The number of nitrogens with zero attached hydrogens (tertiary/aromatic N) is 1. The van der Waals surface area contributed by atoms with Crippen molar-refractivity contribution in [3.05, 3.63) is 65.2 Å². The molecule has 0 fully saturated rings. The van der Waals surface area contributed by atoms with Crippen LogP contribution in [0.15, 0.2) is 68.0 Å². The van der Waals surface area contributed by atoms with Crippen molar-refractivity contribution < 1.29 is 14.3 Å². The summed E-state index contributed by atoms with van der Waals surface area (Å²) >= 11 is 4.51. The van der Waals surface area contributed by atoms with E-state index < -0.39 is 5.25 Å². The molecule has 1 unspecified atom stereocenters.